The summed E-state index contributed by atoms with van der Waals surface area (Å²) in [5.74, 6) is 0.195. The van der Waals surface area contributed by atoms with Crippen molar-refractivity contribution in [1.29, 1.82) is 0 Å². The van der Waals surface area contributed by atoms with Crippen molar-refractivity contribution < 1.29 is 17.9 Å². The van der Waals surface area contributed by atoms with Gasteiger partial charge in [-0.2, -0.15) is 0 Å². The zero-order valence-electron chi connectivity index (χ0n) is 17.6. The third kappa shape index (κ3) is 6.29. The molecule has 0 unspecified atom stereocenters. The second-order valence-corrected chi connectivity index (χ2v) is 9.22. The molecule has 0 radical (unpaired) electrons. The van der Waals surface area contributed by atoms with Crippen molar-refractivity contribution in [2.45, 2.75) is 19.4 Å². The minimum Gasteiger partial charge on any atom is -0.481 e. The fourth-order valence-electron chi connectivity index (χ4n) is 2.87. The molecule has 3 aromatic rings. The van der Waals surface area contributed by atoms with Crippen LogP contribution in [0.2, 0.25) is 0 Å². The lowest BCUT2D eigenvalue weighted by atomic mass is 10.1. The number of carbonyl (C=O) groups is 1. The molecule has 2 aromatic carbocycles. The minimum atomic E-state index is -3.34. The van der Waals surface area contributed by atoms with Gasteiger partial charge in [-0.1, -0.05) is 12.1 Å². The Morgan fingerprint density at radius 2 is 1.58 bits per heavy atom. The van der Waals surface area contributed by atoms with Crippen LogP contribution < -0.4 is 14.4 Å². The van der Waals surface area contributed by atoms with Gasteiger partial charge in [-0.05, 0) is 73.0 Å². The number of benzene rings is 2. The van der Waals surface area contributed by atoms with Gasteiger partial charge in [-0.25, -0.2) is 8.42 Å². The second-order valence-electron chi connectivity index (χ2n) is 7.20. The highest BCUT2D eigenvalue weighted by Gasteiger charge is 2.16. The molecule has 162 valence electrons. The molecule has 8 heteroatoms. The monoisotopic (exact) mass is 439 g/mol. The lowest BCUT2D eigenvalue weighted by Crippen LogP contribution is -2.30. The van der Waals surface area contributed by atoms with Crippen LogP contribution in [0.4, 0.5) is 11.4 Å². The van der Waals surface area contributed by atoms with Crippen LogP contribution in [0.5, 0.6) is 5.75 Å². The van der Waals surface area contributed by atoms with Crippen molar-refractivity contribution >= 4 is 27.3 Å². The SMILES string of the molecule is C[C@@H](Oc1ccc(N(C)S(C)(=O)=O)cc1)C(=O)Nc1ccc(Cc2ccncc2)cc1. The summed E-state index contributed by atoms with van der Waals surface area (Å²) in [5, 5.41) is 2.84. The van der Waals surface area contributed by atoms with E-state index in [-0.39, 0.29) is 5.91 Å². The maximum absolute atomic E-state index is 12.5. The van der Waals surface area contributed by atoms with Crippen LogP contribution in [0.15, 0.2) is 73.1 Å². The van der Waals surface area contributed by atoms with Gasteiger partial charge in [0, 0.05) is 25.1 Å². The first kappa shape index (κ1) is 22.3. The van der Waals surface area contributed by atoms with Crippen LogP contribution >= 0.6 is 0 Å². The smallest absolute Gasteiger partial charge is 0.265 e. The summed E-state index contributed by atoms with van der Waals surface area (Å²) < 4.78 is 30.1. The van der Waals surface area contributed by atoms with Gasteiger partial charge in [0.2, 0.25) is 10.0 Å². The number of nitrogens with one attached hydrogen (secondary N) is 1. The lowest BCUT2D eigenvalue weighted by molar-refractivity contribution is -0.122. The zero-order valence-corrected chi connectivity index (χ0v) is 18.5. The van der Waals surface area contributed by atoms with E-state index >= 15 is 0 Å². The number of hydrogen-bond acceptors (Lipinski definition) is 5. The van der Waals surface area contributed by atoms with Gasteiger partial charge in [0.1, 0.15) is 5.75 Å². The van der Waals surface area contributed by atoms with E-state index in [9.17, 15) is 13.2 Å². The molecule has 1 N–H and O–H groups in total. The van der Waals surface area contributed by atoms with Gasteiger partial charge in [-0.15, -0.1) is 0 Å². The highest BCUT2D eigenvalue weighted by molar-refractivity contribution is 7.92. The molecule has 1 aromatic heterocycles. The second kappa shape index (κ2) is 9.61. The standard InChI is InChI=1S/C23H25N3O4S/c1-17(30-22-10-8-21(9-11-22)26(2)31(3,28)29)23(27)25-20-6-4-18(5-7-20)16-19-12-14-24-15-13-19/h4-15,17H,16H2,1-3H3,(H,25,27)/t17-/m1/s1. The molecule has 0 aliphatic carbocycles. The number of nitrogens with zero attached hydrogens (tertiary/aromatic N) is 2. The van der Waals surface area contributed by atoms with Crippen LogP contribution in [-0.4, -0.2) is 38.7 Å². The summed E-state index contributed by atoms with van der Waals surface area (Å²) in [6, 6.07) is 18.1. The van der Waals surface area contributed by atoms with E-state index < -0.39 is 16.1 Å². The molecule has 1 heterocycles. The van der Waals surface area contributed by atoms with Gasteiger partial charge in [0.25, 0.3) is 5.91 Å². The average Bonchev–Trinajstić information content (AvgIpc) is 2.75. The number of hydrogen-bond donors (Lipinski definition) is 1. The number of pyridine rings is 1. The molecule has 31 heavy (non-hydrogen) atoms. The molecule has 0 saturated carbocycles. The molecular formula is C23H25N3O4S. The Hall–Kier alpha value is -3.39. The molecular weight excluding hydrogens is 414 g/mol. The number of ether oxygens (including phenoxy) is 1. The van der Waals surface area contributed by atoms with Gasteiger partial charge < -0.3 is 10.1 Å². The normalized spacial score (nSPS) is 12.1. The summed E-state index contributed by atoms with van der Waals surface area (Å²) in [6.45, 7) is 1.66. The van der Waals surface area contributed by atoms with Crippen LogP contribution in [0.1, 0.15) is 18.1 Å². The number of anilines is 2. The highest BCUT2D eigenvalue weighted by Crippen LogP contribution is 2.21. The first-order valence-electron chi connectivity index (χ1n) is 9.72. The Labute approximate surface area is 182 Å². The van der Waals surface area contributed by atoms with Crippen LogP contribution in [0.25, 0.3) is 0 Å². The van der Waals surface area contributed by atoms with Crippen LogP contribution in [-0.2, 0) is 21.2 Å². The molecule has 0 spiro atoms. The zero-order chi connectivity index (χ0) is 22.4. The Morgan fingerprint density at radius 3 is 2.16 bits per heavy atom. The highest BCUT2D eigenvalue weighted by atomic mass is 32.2. The first-order valence-corrected chi connectivity index (χ1v) is 11.6. The number of carbonyl (C=O) groups excluding carboxylic acids is 1. The lowest BCUT2D eigenvalue weighted by Gasteiger charge is -2.18. The van der Waals surface area contributed by atoms with E-state index in [1.807, 2.05) is 36.4 Å². The Balaban J connectivity index is 1.55. The fourth-order valence-corrected chi connectivity index (χ4v) is 3.37. The third-order valence-corrected chi connectivity index (χ3v) is 5.96. The van der Waals surface area contributed by atoms with E-state index in [0.29, 0.717) is 17.1 Å². The summed E-state index contributed by atoms with van der Waals surface area (Å²) >= 11 is 0. The molecule has 3 rings (SSSR count). The molecule has 1 amide bonds. The molecule has 0 saturated heterocycles. The molecule has 1 atom stereocenters. The van der Waals surface area contributed by atoms with Crippen molar-refractivity contribution in [1.82, 2.24) is 4.98 Å². The van der Waals surface area contributed by atoms with Gasteiger partial charge in [0.15, 0.2) is 6.10 Å². The van der Waals surface area contributed by atoms with E-state index in [1.54, 1.807) is 43.6 Å². The predicted octanol–water partition coefficient (Wildman–Crippen LogP) is 3.47. The number of aromatic nitrogens is 1. The third-order valence-electron chi connectivity index (χ3n) is 4.76. The Bertz CT molecular complexity index is 1120. The van der Waals surface area contributed by atoms with Crippen molar-refractivity contribution in [3.05, 3.63) is 84.2 Å². The Morgan fingerprint density at radius 1 is 1.00 bits per heavy atom. The van der Waals surface area contributed by atoms with Crippen molar-refractivity contribution in [3.8, 4) is 5.75 Å². The van der Waals surface area contributed by atoms with E-state index in [2.05, 4.69) is 10.3 Å². The first-order chi connectivity index (χ1) is 14.7. The summed E-state index contributed by atoms with van der Waals surface area (Å²) in [7, 11) is -1.86. The van der Waals surface area contributed by atoms with Gasteiger partial charge >= 0.3 is 0 Å². The summed E-state index contributed by atoms with van der Waals surface area (Å²) in [6.07, 6.45) is 4.73. The van der Waals surface area contributed by atoms with E-state index in [0.717, 1.165) is 18.2 Å². The number of rotatable bonds is 8. The topological polar surface area (TPSA) is 88.6 Å². The van der Waals surface area contributed by atoms with Crippen molar-refractivity contribution in [2.24, 2.45) is 0 Å². The van der Waals surface area contributed by atoms with Crippen LogP contribution in [0, 0.1) is 0 Å². The quantitative estimate of drug-likeness (QED) is 0.581. The van der Waals surface area contributed by atoms with Crippen LogP contribution in [0.3, 0.4) is 0 Å². The average molecular weight is 440 g/mol. The number of sulfonamides is 1. The molecule has 0 aliphatic heterocycles. The van der Waals surface area contributed by atoms with E-state index in [4.69, 9.17) is 4.74 Å². The maximum Gasteiger partial charge on any atom is 0.265 e. The summed E-state index contributed by atoms with van der Waals surface area (Å²) in [4.78, 5) is 16.5. The molecule has 0 bridgehead atoms. The fraction of sp³-hybridized carbons (Fsp3) is 0.217. The summed E-state index contributed by atoms with van der Waals surface area (Å²) in [5.41, 5.74) is 3.50. The molecule has 0 aliphatic rings. The maximum atomic E-state index is 12.5. The predicted molar refractivity (Wildman–Crippen MR) is 122 cm³/mol. The molecule has 7 nitrogen and oxygen atoms in total. The minimum absolute atomic E-state index is 0.279. The van der Waals surface area contributed by atoms with Gasteiger partial charge in [0.05, 0.1) is 11.9 Å². The largest absolute Gasteiger partial charge is 0.481 e. The van der Waals surface area contributed by atoms with E-state index in [1.165, 1.54) is 16.9 Å². The van der Waals surface area contributed by atoms with Crippen molar-refractivity contribution in [3.63, 3.8) is 0 Å². The van der Waals surface area contributed by atoms with Gasteiger partial charge in [-0.3, -0.25) is 14.1 Å². The van der Waals surface area contributed by atoms with Crippen molar-refractivity contribution in [2.75, 3.05) is 22.9 Å². The Kier molecular flexibility index (Phi) is 6.91. The molecule has 0 fully saturated rings. The number of amides is 1.